The Morgan fingerprint density at radius 2 is 1.88 bits per heavy atom. The number of hydrogen-bond acceptors (Lipinski definition) is 2. The SMILES string of the molecule is CCC1CCC(CN)(N(CC2CC2)C2CC2)C1. The minimum Gasteiger partial charge on any atom is -0.329 e. The van der Waals surface area contributed by atoms with Gasteiger partial charge in [0.15, 0.2) is 0 Å². The molecule has 0 aromatic carbocycles. The van der Waals surface area contributed by atoms with E-state index in [2.05, 4.69) is 11.8 Å². The van der Waals surface area contributed by atoms with Gasteiger partial charge in [-0.05, 0) is 56.8 Å². The first kappa shape index (κ1) is 12.0. The van der Waals surface area contributed by atoms with Gasteiger partial charge >= 0.3 is 0 Å². The summed E-state index contributed by atoms with van der Waals surface area (Å²) in [5.41, 5.74) is 6.60. The molecule has 0 bridgehead atoms. The van der Waals surface area contributed by atoms with Crippen molar-refractivity contribution >= 4 is 0 Å². The topological polar surface area (TPSA) is 29.3 Å². The molecule has 0 aromatic heterocycles. The standard InChI is InChI=1S/C15H28N2/c1-2-12-7-8-15(9-12,11-16)17(14-5-6-14)10-13-3-4-13/h12-14H,2-11,16H2,1H3. The zero-order valence-corrected chi connectivity index (χ0v) is 11.3. The fourth-order valence-corrected chi connectivity index (χ4v) is 3.82. The number of nitrogens with two attached hydrogens (primary N) is 1. The lowest BCUT2D eigenvalue weighted by Gasteiger charge is -2.41. The first-order valence-electron chi connectivity index (χ1n) is 7.74. The predicted molar refractivity (Wildman–Crippen MR) is 71.9 cm³/mol. The minimum absolute atomic E-state index is 0.393. The maximum atomic E-state index is 6.21. The fraction of sp³-hybridized carbons (Fsp3) is 1.00. The van der Waals surface area contributed by atoms with Gasteiger partial charge in [0, 0.05) is 24.7 Å². The van der Waals surface area contributed by atoms with Gasteiger partial charge in [0.05, 0.1) is 0 Å². The normalized spacial score (nSPS) is 37.9. The smallest absolute Gasteiger partial charge is 0.0337 e. The van der Waals surface area contributed by atoms with Gasteiger partial charge in [-0.1, -0.05) is 13.3 Å². The average Bonchev–Trinajstić information content (AvgIpc) is 3.24. The summed E-state index contributed by atoms with van der Waals surface area (Å²) in [4.78, 5) is 2.86. The van der Waals surface area contributed by atoms with E-state index in [0.29, 0.717) is 5.54 Å². The molecule has 2 nitrogen and oxygen atoms in total. The van der Waals surface area contributed by atoms with E-state index in [1.165, 1.54) is 57.9 Å². The largest absolute Gasteiger partial charge is 0.329 e. The van der Waals surface area contributed by atoms with Crippen molar-refractivity contribution in [2.45, 2.75) is 69.9 Å². The van der Waals surface area contributed by atoms with E-state index in [0.717, 1.165) is 24.4 Å². The van der Waals surface area contributed by atoms with Gasteiger partial charge < -0.3 is 5.73 Å². The second-order valence-corrected chi connectivity index (χ2v) is 6.77. The van der Waals surface area contributed by atoms with E-state index >= 15 is 0 Å². The molecule has 3 aliphatic rings. The highest BCUT2D eigenvalue weighted by atomic mass is 15.3. The van der Waals surface area contributed by atoms with Crippen LogP contribution in [0.15, 0.2) is 0 Å². The monoisotopic (exact) mass is 236 g/mol. The molecule has 3 rings (SSSR count). The summed E-state index contributed by atoms with van der Waals surface area (Å²) in [5, 5.41) is 0. The number of hydrogen-bond donors (Lipinski definition) is 1. The van der Waals surface area contributed by atoms with Gasteiger partial charge in [0.25, 0.3) is 0 Å². The second-order valence-electron chi connectivity index (χ2n) is 6.77. The molecule has 2 unspecified atom stereocenters. The molecule has 3 saturated carbocycles. The summed E-state index contributed by atoms with van der Waals surface area (Å²) < 4.78 is 0. The molecule has 0 heterocycles. The van der Waals surface area contributed by atoms with Crippen LogP contribution in [0.2, 0.25) is 0 Å². The number of nitrogens with zero attached hydrogens (tertiary/aromatic N) is 1. The summed E-state index contributed by atoms with van der Waals surface area (Å²) in [6.07, 6.45) is 11.3. The third-order valence-electron chi connectivity index (χ3n) is 5.39. The third kappa shape index (κ3) is 2.39. The van der Waals surface area contributed by atoms with Crippen molar-refractivity contribution in [1.82, 2.24) is 4.90 Å². The van der Waals surface area contributed by atoms with Gasteiger partial charge in [0.2, 0.25) is 0 Å². The van der Waals surface area contributed by atoms with E-state index in [4.69, 9.17) is 5.73 Å². The highest BCUT2D eigenvalue weighted by molar-refractivity contribution is 5.04. The van der Waals surface area contributed by atoms with Crippen molar-refractivity contribution in [1.29, 1.82) is 0 Å². The Hall–Kier alpha value is -0.0800. The molecule has 0 radical (unpaired) electrons. The Kier molecular flexibility index (Phi) is 3.20. The van der Waals surface area contributed by atoms with Gasteiger partial charge in [0.1, 0.15) is 0 Å². The van der Waals surface area contributed by atoms with Gasteiger partial charge in [-0.15, -0.1) is 0 Å². The minimum atomic E-state index is 0.393. The van der Waals surface area contributed by atoms with E-state index in [-0.39, 0.29) is 0 Å². The van der Waals surface area contributed by atoms with Crippen molar-refractivity contribution in [3.63, 3.8) is 0 Å². The predicted octanol–water partition coefficient (Wildman–Crippen LogP) is 2.77. The molecular formula is C15H28N2. The molecule has 2 N–H and O–H groups in total. The molecule has 2 atom stereocenters. The van der Waals surface area contributed by atoms with Crippen LogP contribution in [-0.4, -0.2) is 29.6 Å². The molecule has 17 heavy (non-hydrogen) atoms. The molecule has 0 amide bonds. The summed E-state index contributed by atoms with van der Waals surface area (Å²) in [6, 6.07) is 0.898. The van der Waals surface area contributed by atoms with E-state index in [1.54, 1.807) is 0 Å². The fourth-order valence-electron chi connectivity index (χ4n) is 3.82. The van der Waals surface area contributed by atoms with Crippen molar-refractivity contribution in [3.8, 4) is 0 Å². The number of rotatable bonds is 6. The van der Waals surface area contributed by atoms with Crippen LogP contribution >= 0.6 is 0 Å². The molecule has 0 aliphatic heterocycles. The Morgan fingerprint density at radius 1 is 1.12 bits per heavy atom. The molecule has 3 fully saturated rings. The lowest BCUT2D eigenvalue weighted by molar-refractivity contribution is 0.0801. The molecule has 0 saturated heterocycles. The molecule has 3 aliphatic carbocycles. The van der Waals surface area contributed by atoms with Crippen molar-refractivity contribution in [3.05, 3.63) is 0 Å². The Morgan fingerprint density at radius 3 is 2.35 bits per heavy atom. The van der Waals surface area contributed by atoms with E-state index < -0.39 is 0 Å². The van der Waals surface area contributed by atoms with Crippen LogP contribution in [0.25, 0.3) is 0 Å². The maximum Gasteiger partial charge on any atom is 0.0337 e. The molecule has 0 spiro atoms. The lowest BCUT2D eigenvalue weighted by atomic mass is 9.92. The first-order valence-corrected chi connectivity index (χ1v) is 7.74. The summed E-state index contributed by atoms with van der Waals surface area (Å²) >= 11 is 0. The molecular weight excluding hydrogens is 208 g/mol. The van der Waals surface area contributed by atoms with Crippen LogP contribution in [-0.2, 0) is 0 Å². The Labute approximate surface area is 106 Å². The van der Waals surface area contributed by atoms with Crippen LogP contribution < -0.4 is 5.73 Å². The Bertz CT molecular complexity index is 270. The summed E-state index contributed by atoms with van der Waals surface area (Å²) in [7, 11) is 0. The summed E-state index contributed by atoms with van der Waals surface area (Å²) in [6.45, 7) is 4.60. The first-order chi connectivity index (χ1) is 8.27. The van der Waals surface area contributed by atoms with Crippen LogP contribution in [0.5, 0.6) is 0 Å². The maximum absolute atomic E-state index is 6.21. The van der Waals surface area contributed by atoms with Crippen LogP contribution in [0.1, 0.15) is 58.3 Å². The highest BCUT2D eigenvalue weighted by Gasteiger charge is 2.48. The highest BCUT2D eigenvalue weighted by Crippen LogP contribution is 2.46. The summed E-state index contributed by atoms with van der Waals surface area (Å²) in [5.74, 6) is 1.96. The van der Waals surface area contributed by atoms with Gasteiger partial charge in [-0.25, -0.2) is 0 Å². The van der Waals surface area contributed by atoms with E-state index in [1.807, 2.05) is 0 Å². The van der Waals surface area contributed by atoms with Crippen LogP contribution in [0.4, 0.5) is 0 Å². The molecule has 0 aromatic rings. The Balaban J connectivity index is 1.71. The van der Waals surface area contributed by atoms with Gasteiger partial charge in [-0.2, -0.15) is 0 Å². The van der Waals surface area contributed by atoms with Crippen LogP contribution in [0, 0.1) is 11.8 Å². The lowest BCUT2D eigenvalue weighted by Crippen LogP contribution is -2.54. The second kappa shape index (κ2) is 4.55. The van der Waals surface area contributed by atoms with Crippen molar-refractivity contribution in [2.24, 2.45) is 17.6 Å². The average molecular weight is 236 g/mol. The van der Waals surface area contributed by atoms with Crippen molar-refractivity contribution in [2.75, 3.05) is 13.1 Å². The molecule has 98 valence electrons. The van der Waals surface area contributed by atoms with Gasteiger partial charge in [-0.3, -0.25) is 4.90 Å². The van der Waals surface area contributed by atoms with Crippen LogP contribution in [0.3, 0.4) is 0 Å². The van der Waals surface area contributed by atoms with E-state index in [9.17, 15) is 0 Å². The molecule has 2 heteroatoms. The third-order valence-corrected chi connectivity index (χ3v) is 5.39. The zero-order chi connectivity index (χ0) is 11.9. The zero-order valence-electron chi connectivity index (χ0n) is 11.3. The van der Waals surface area contributed by atoms with Crippen molar-refractivity contribution < 1.29 is 0 Å². The quantitative estimate of drug-likeness (QED) is 0.768.